The SMILES string of the molecule is Cc1ccc(-c2ccc(NC(=O)c3ccccc3)cc2)cc1. The van der Waals surface area contributed by atoms with Gasteiger partial charge in [-0.15, -0.1) is 0 Å². The molecule has 0 aromatic heterocycles. The Kier molecular flexibility index (Phi) is 4.01. The molecule has 1 amide bonds. The van der Waals surface area contributed by atoms with E-state index in [1.165, 1.54) is 11.1 Å². The first-order chi connectivity index (χ1) is 10.7. The molecule has 2 nitrogen and oxygen atoms in total. The predicted octanol–water partition coefficient (Wildman–Crippen LogP) is 4.91. The lowest BCUT2D eigenvalue weighted by Gasteiger charge is -2.07. The maximum absolute atomic E-state index is 12.1. The van der Waals surface area contributed by atoms with Crippen LogP contribution in [0.5, 0.6) is 0 Å². The van der Waals surface area contributed by atoms with Crippen LogP contribution in [-0.4, -0.2) is 5.91 Å². The van der Waals surface area contributed by atoms with E-state index in [2.05, 4.69) is 36.5 Å². The molecule has 0 fully saturated rings. The van der Waals surface area contributed by atoms with Crippen molar-refractivity contribution in [1.29, 1.82) is 0 Å². The minimum atomic E-state index is -0.0938. The zero-order chi connectivity index (χ0) is 15.4. The smallest absolute Gasteiger partial charge is 0.255 e. The summed E-state index contributed by atoms with van der Waals surface area (Å²) in [6, 6.07) is 25.5. The Bertz CT molecular complexity index is 759. The highest BCUT2D eigenvalue weighted by Crippen LogP contribution is 2.22. The summed E-state index contributed by atoms with van der Waals surface area (Å²) in [5.74, 6) is -0.0938. The fraction of sp³-hybridized carbons (Fsp3) is 0.0500. The molecule has 0 bridgehead atoms. The fourth-order valence-corrected chi connectivity index (χ4v) is 2.28. The van der Waals surface area contributed by atoms with Crippen LogP contribution in [0.3, 0.4) is 0 Å². The summed E-state index contributed by atoms with van der Waals surface area (Å²) in [7, 11) is 0. The molecule has 0 saturated carbocycles. The second-order valence-corrected chi connectivity index (χ2v) is 5.26. The number of anilines is 1. The molecule has 0 spiro atoms. The van der Waals surface area contributed by atoms with Crippen molar-refractivity contribution < 1.29 is 4.79 Å². The van der Waals surface area contributed by atoms with Gasteiger partial charge in [-0.1, -0.05) is 60.2 Å². The number of amides is 1. The normalized spacial score (nSPS) is 10.2. The second kappa shape index (κ2) is 6.27. The van der Waals surface area contributed by atoms with Crippen molar-refractivity contribution in [3.63, 3.8) is 0 Å². The number of nitrogens with one attached hydrogen (secondary N) is 1. The minimum absolute atomic E-state index is 0.0938. The van der Waals surface area contributed by atoms with E-state index in [9.17, 15) is 4.79 Å². The minimum Gasteiger partial charge on any atom is -0.322 e. The Hall–Kier alpha value is -2.87. The number of rotatable bonds is 3. The van der Waals surface area contributed by atoms with Gasteiger partial charge in [-0.25, -0.2) is 0 Å². The van der Waals surface area contributed by atoms with Crippen LogP contribution in [0.25, 0.3) is 11.1 Å². The first-order valence-electron chi connectivity index (χ1n) is 7.26. The van der Waals surface area contributed by atoms with E-state index < -0.39 is 0 Å². The van der Waals surface area contributed by atoms with Crippen LogP contribution in [0.4, 0.5) is 5.69 Å². The Morgan fingerprint density at radius 2 is 1.27 bits per heavy atom. The van der Waals surface area contributed by atoms with Crippen LogP contribution in [0.2, 0.25) is 0 Å². The number of hydrogen-bond acceptors (Lipinski definition) is 1. The molecule has 22 heavy (non-hydrogen) atoms. The van der Waals surface area contributed by atoms with Crippen LogP contribution < -0.4 is 5.32 Å². The standard InChI is InChI=1S/C20H17NO/c1-15-7-9-16(10-8-15)17-11-13-19(14-12-17)21-20(22)18-5-3-2-4-6-18/h2-14H,1H3,(H,21,22). The zero-order valence-electron chi connectivity index (χ0n) is 12.4. The first kappa shape index (κ1) is 14.1. The summed E-state index contributed by atoms with van der Waals surface area (Å²) >= 11 is 0. The summed E-state index contributed by atoms with van der Waals surface area (Å²) in [6.45, 7) is 2.08. The number of aryl methyl sites for hydroxylation is 1. The molecule has 0 aliphatic rings. The van der Waals surface area contributed by atoms with Crippen molar-refractivity contribution in [2.75, 3.05) is 5.32 Å². The van der Waals surface area contributed by atoms with Crippen molar-refractivity contribution >= 4 is 11.6 Å². The van der Waals surface area contributed by atoms with E-state index in [1.807, 2.05) is 42.5 Å². The average molecular weight is 287 g/mol. The molecule has 3 aromatic carbocycles. The number of carbonyl (C=O) groups excluding carboxylic acids is 1. The van der Waals surface area contributed by atoms with Gasteiger partial charge in [0.25, 0.3) is 5.91 Å². The maximum Gasteiger partial charge on any atom is 0.255 e. The highest BCUT2D eigenvalue weighted by Gasteiger charge is 2.05. The van der Waals surface area contributed by atoms with E-state index in [0.717, 1.165) is 11.3 Å². The molecule has 0 aliphatic heterocycles. The highest BCUT2D eigenvalue weighted by atomic mass is 16.1. The molecular formula is C20H17NO. The van der Waals surface area contributed by atoms with Crippen molar-refractivity contribution in [1.82, 2.24) is 0 Å². The van der Waals surface area contributed by atoms with Gasteiger partial charge in [0, 0.05) is 11.3 Å². The van der Waals surface area contributed by atoms with Crippen LogP contribution in [0.15, 0.2) is 78.9 Å². The van der Waals surface area contributed by atoms with E-state index in [4.69, 9.17) is 0 Å². The van der Waals surface area contributed by atoms with Crippen LogP contribution in [-0.2, 0) is 0 Å². The zero-order valence-corrected chi connectivity index (χ0v) is 12.4. The number of carbonyl (C=O) groups is 1. The van der Waals surface area contributed by atoms with E-state index in [1.54, 1.807) is 12.1 Å². The molecule has 0 radical (unpaired) electrons. The van der Waals surface area contributed by atoms with Gasteiger partial charge in [0.1, 0.15) is 0 Å². The van der Waals surface area contributed by atoms with Crippen LogP contribution in [0, 0.1) is 6.92 Å². The fourth-order valence-electron chi connectivity index (χ4n) is 2.28. The average Bonchev–Trinajstić information content (AvgIpc) is 2.57. The lowest BCUT2D eigenvalue weighted by atomic mass is 10.0. The first-order valence-corrected chi connectivity index (χ1v) is 7.26. The van der Waals surface area contributed by atoms with E-state index in [-0.39, 0.29) is 5.91 Å². The monoisotopic (exact) mass is 287 g/mol. The van der Waals surface area contributed by atoms with Crippen molar-refractivity contribution in [3.05, 3.63) is 90.0 Å². The van der Waals surface area contributed by atoms with Gasteiger partial charge in [0.2, 0.25) is 0 Å². The Balaban J connectivity index is 1.74. The van der Waals surface area contributed by atoms with E-state index in [0.29, 0.717) is 5.56 Å². The highest BCUT2D eigenvalue weighted by molar-refractivity contribution is 6.04. The summed E-state index contributed by atoms with van der Waals surface area (Å²) in [5, 5.41) is 2.91. The lowest BCUT2D eigenvalue weighted by Crippen LogP contribution is -2.11. The molecular weight excluding hydrogens is 270 g/mol. The van der Waals surface area contributed by atoms with Gasteiger partial charge < -0.3 is 5.32 Å². The summed E-state index contributed by atoms with van der Waals surface area (Å²) < 4.78 is 0. The molecule has 0 unspecified atom stereocenters. The van der Waals surface area contributed by atoms with Crippen molar-refractivity contribution in [2.24, 2.45) is 0 Å². The summed E-state index contributed by atoms with van der Waals surface area (Å²) in [4.78, 5) is 12.1. The lowest BCUT2D eigenvalue weighted by molar-refractivity contribution is 0.102. The topological polar surface area (TPSA) is 29.1 Å². The summed E-state index contributed by atoms with van der Waals surface area (Å²) in [6.07, 6.45) is 0. The predicted molar refractivity (Wildman–Crippen MR) is 91.0 cm³/mol. The van der Waals surface area contributed by atoms with Gasteiger partial charge in [0.15, 0.2) is 0 Å². The molecule has 108 valence electrons. The van der Waals surface area contributed by atoms with Gasteiger partial charge in [0.05, 0.1) is 0 Å². The molecule has 0 heterocycles. The third-order valence-electron chi connectivity index (χ3n) is 3.56. The van der Waals surface area contributed by atoms with Crippen molar-refractivity contribution in [2.45, 2.75) is 6.92 Å². The van der Waals surface area contributed by atoms with Gasteiger partial charge in [-0.3, -0.25) is 4.79 Å². The Morgan fingerprint density at radius 1 is 0.727 bits per heavy atom. The largest absolute Gasteiger partial charge is 0.322 e. The van der Waals surface area contributed by atoms with E-state index >= 15 is 0 Å². The van der Waals surface area contributed by atoms with Crippen LogP contribution in [0.1, 0.15) is 15.9 Å². The second-order valence-electron chi connectivity index (χ2n) is 5.26. The van der Waals surface area contributed by atoms with Gasteiger partial charge >= 0.3 is 0 Å². The molecule has 3 aromatic rings. The van der Waals surface area contributed by atoms with Gasteiger partial charge in [-0.05, 0) is 42.3 Å². The maximum atomic E-state index is 12.1. The quantitative estimate of drug-likeness (QED) is 0.728. The van der Waals surface area contributed by atoms with Gasteiger partial charge in [-0.2, -0.15) is 0 Å². The molecule has 1 N–H and O–H groups in total. The van der Waals surface area contributed by atoms with Crippen molar-refractivity contribution in [3.8, 4) is 11.1 Å². The molecule has 2 heteroatoms. The molecule has 0 saturated heterocycles. The Morgan fingerprint density at radius 3 is 1.86 bits per heavy atom. The summed E-state index contributed by atoms with van der Waals surface area (Å²) in [5.41, 5.74) is 5.01. The van der Waals surface area contributed by atoms with Crippen LogP contribution >= 0.6 is 0 Å². The molecule has 0 atom stereocenters. The number of benzene rings is 3. The molecule has 3 rings (SSSR count). The molecule has 0 aliphatic carbocycles. The third-order valence-corrected chi connectivity index (χ3v) is 3.56. The third kappa shape index (κ3) is 3.23. The Labute approximate surface area is 130 Å². The number of hydrogen-bond donors (Lipinski definition) is 1.